The number of piperidine rings is 1. The third-order valence-electron chi connectivity index (χ3n) is 6.99. The van der Waals surface area contributed by atoms with Gasteiger partial charge in [0.2, 0.25) is 0 Å². The summed E-state index contributed by atoms with van der Waals surface area (Å²) in [5, 5.41) is 0. The van der Waals surface area contributed by atoms with Crippen LogP contribution in [-0.2, 0) is 0 Å². The lowest BCUT2D eigenvalue weighted by Crippen LogP contribution is -2.44. The lowest BCUT2D eigenvalue weighted by atomic mass is 9.81. The van der Waals surface area contributed by atoms with Gasteiger partial charge in [0.25, 0.3) is 0 Å². The number of piperazine rings is 1. The van der Waals surface area contributed by atoms with E-state index in [1.807, 2.05) is 26.0 Å². The van der Waals surface area contributed by atoms with Gasteiger partial charge in [0, 0.05) is 62.5 Å². The fourth-order valence-corrected chi connectivity index (χ4v) is 4.34. The molecule has 188 valence electrons. The van der Waals surface area contributed by atoms with Gasteiger partial charge in [-0.1, -0.05) is 45.7 Å². The first-order chi connectivity index (χ1) is 16.7. The van der Waals surface area contributed by atoms with Crippen LogP contribution < -0.4 is 4.90 Å². The standard InChI is InChI=1S/C29H38N4.C2H6/c1-8-29(5)13-15-33(16-14-29)26-11-12-28(30-6)27(21-26)25(4)24(3)10-9-23(2)22-32-19-17-31(7)18-20-32;1-2/h1,9-12,21H,2-4,6,13-20,22H2,5,7H3;1-2H3/b10-9-;. The minimum atomic E-state index is -0.00284. The highest BCUT2D eigenvalue weighted by Gasteiger charge is 2.28. The zero-order valence-electron chi connectivity index (χ0n) is 22.4. The van der Waals surface area contributed by atoms with Crippen LogP contribution in [0.4, 0.5) is 11.4 Å². The van der Waals surface area contributed by atoms with E-state index in [-0.39, 0.29) is 5.41 Å². The van der Waals surface area contributed by atoms with Crippen molar-refractivity contribution in [3.63, 3.8) is 0 Å². The van der Waals surface area contributed by atoms with Gasteiger partial charge in [0.15, 0.2) is 0 Å². The van der Waals surface area contributed by atoms with Crippen LogP contribution in [0.5, 0.6) is 0 Å². The lowest BCUT2D eigenvalue weighted by molar-refractivity contribution is 0.165. The first-order valence-electron chi connectivity index (χ1n) is 12.7. The van der Waals surface area contributed by atoms with Crippen molar-refractivity contribution in [1.29, 1.82) is 0 Å². The van der Waals surface area contributed by atoms with Gasteiger partial charge >= 0.3 is 0 Å². The Balaban J connectivity index is 0.00000210. The van der Waals surface area contributed by atoms with Crippen molar-refractivity contribution < 1.29 is 0 Å². The van der Waals surface area contributed by atoms with Gasteiger partial charge in [0.05, 0.1) is 5.69 Å². The monoisotopic (exact) mass is 472 g/mol. The summed E-state index contributed by atoms with van der Waals surface area (Å²) in [6, 6.07) is 6.28. The van der Waals surface area contributed by atoms with Crippen LogP contribution in [0.15, 0.2) is 66.2 Å². The Bertz CT molecular complexity index is 978. The summed E-state index contributed by atoms with van der Waals surface area (Å²) in [5.41, 5.74) is 5.73. The van der Waals surface area contributed by atoms with Gasteiger partial charge in [-0.15, -0.1) is 12.3 Å². The zero-order valence-corrected chi connectivity index (χ0v) is 22.4. The van der Waals surface area contributed by atoms with E-state index >= 15 is 0 Å². The molecule has 0 radical (unpaired) electrons. The molecule has 2 fully saturated rings. The molecule has 2 aliphatic rings. The van der Waals surface area contributed by atoms with Crippen molar-refractivity contribution in [3.8, 4) is 12.3 Å². The summed E-state index contributed by atoms with van der Waals surface area (Å²) in [4.78, 5) is 11.4. The third kappa shape index (κ3) is 7.82. The van der Waals surface area contributed by atoms with E-state index in [9.17, 15) is 0 Å². The molecule has 0 bridgehead atoms. The van der Waals surface area contributed by atoms with Crippen molar-refractivity contribution in [2.45, 2.75) is 33.6 Å². The summed E-state index contributed by atoms with van der Waals surface area (Å²) in [7, 11) is 2.17. The van der Waals surface area contributed by atoms with Crippen LogP contribution in [0, 0.1) is 17.8 Å². The van der Waals surface area contributed by atoms with Gasteiger partial charge in [-0.2, -0.15) is 0 Å². The molecule has 0 unspecified atom stereocenters. The molecule has 0 N–H and O–H groups in total. The molecule has 2 aliphatic heterocycles. The molecular formula is C31H44N4. The molecule has 4 nitrogen and oxygen atoms in total. The minimum absolute atomic E-state index is 0.00284. The zero-order chi connectivity index (χ0) is 26.0. The van der Waals surface area contributed by atoms with Crippen molar-refractivity contribution in [3.05, 3.63) is 66.8 Å². The van der Waals surface area contributed by atoms with Crippen LogP contribution in [0.3, 0.4) is 0 Å². The van der Waals surface area contributed by atoms with Crippen molar-refractivity contribution >= 4 is 23.7 Å². The van der Waals surface area contributed by atoms with Crippen molar-refractivity contribution in [1.82, 2.24) is 9.80 Å². The maximum absolute atomic E-state index is 5.74. The number of benzene rings is 1. The Labute approximate surface area is 214 Å². The number of hydrogen-bond donors (Lipinski definition) is 0. The smallest absolute Gasteiger partial charge is 0.0702 e. The Kier molecular flexibility index (Phi) is 10.8. The largest absolute Gasteiger partial charge is 0.371 e. The highest BCUT2D eigenvalue weighted by Crippen LogP contribution is 2.36. The van der Waals surface area contributed by atoms with Crippen LogP contribution in [0.25, 0.3) is 5.57 Å². The molecule has 1 aromatic carbocycles. The molecule has 1 aromatic rings. The molecule has 2 saturated heterocycles. The molecular weight excluding hydrogens is 428 g/mol. The van der Waals surface area contributed by atoms with Crippen LogP contribution in [-0.4, -0.2) is 69.4 Å². The van der Waals surface area contributed by atoms with Gasteiger partial charge in [-0.05, 0) is 68.4 Å². The summed E-state index contributed by atoms with van der Waals surface area (Å²) in [6.07, 6.45) is 11.8. The molecule has 0 aromatic heterocycles. The number of anilines is 1. The highest BCUT2D eigenvalue weighted by molar-refractivity contribution is 5.87. The van der Waals surface area contributed by atoms with Crippen LogP contribution in [0.1, 0.15) is 39.2 Å². The van der Waals surface area contributed by atoms with Gasteiger partial charge in [0.1, 0.15) is 0 Å². The number of hydrogen-bond acceptors (Lipinski definition) is 4. The number of allylic oxidation sites excluding steroid dienone is 3. The van der Waals surface area contributed by atoms with Gasteiger partial charge < -0.3 is 9.80 Å². The normalized spacial score (nSPS) is 18.3. The van der Waals surface area contributed by atoms with E-state index < -0.39 is 0 Å². The molecule has 35 heavy (non-hydrogen) atoms. The van der Waals surface area contributed by atoms with E-state index in [1.165, 1.54) is 0 Å². The molecule has 4 heteroatoms. The molecule has 0 saturated carbocycles. The van der Waals surface area contributed by atoms with E-state index in [2.05, 4.69) is 84.2 Å². The van der Waals surface area contributed by atoms with Crippen molar-refractivity contribution in [2.24, 2.45) is 10.4 Å². The Hall–Kier alpha value is -2.87. The lowest BCUT2D eigenvalue weighted by Gasteiger charge is -2.37. The summed E-state index contributed by atoms with van der Waals surface area (Å²) in [5.74, 6) is 2.97. The summed E-state index contributed by atoms with van der Waals surface area (Å²) in [6.45, 7) is 29.9. The van der Waals surface area contributed by atoms with Crippen molar-refractivity contribution in [2.75, 3.05) is 57.8 Å². The predicted octanol–water partition coefficient (Wildman–Crippen LogP) is 6.21. The number of nitrogens with zero attached hydrogens (tertiary/aromatic N) is 4. The van der Waals surface area contributed by atoms with Gasteiger partial charge in [-0.3, -0.25) is 9.89 Å². The molecule has 3 rings (SSSR count). The first kappa shape index (κ1) is 28.4. The second-order valence-corrected chi connectivity index (χ2v) is 9.63. The second-order valence-electron chi connectivity index (χ2n) is 9.63. The maximum atomic E-state index is 5.74. The highest BCUT2D eigenvalue weighted by atomic mass is 15.2. The molecule has 0 atom stereocenters. The Morgan fingerprint density at radius 2 is 1.69 bits per heavy atom. The molecule has 0 aliphatic carbocycles. The van der Waals surface area contributed by atoms with Crippen LogP contribution >= 0.6 is 0 Å². The number of aliphatic imine (C=N–C) groups is 1. The minimum Gasteiger partial charge on any atom is -0.371 e. The second kappa shape index (κ2) is 13.3. The fourth-order valence-electron chi connectivity index (χ4n) is 4.34. The van der Waals surface area contributed by atoms with E-state index in [4.69, 9.17) is 6.42 Å². The first-order valence-corrected chi connectivity index (χ1v) is 12.7. The average Bonchev–Trinajstić information content (AvgIpc) is 2.89. The number of terminal acetylenes is 1. The molecule has 2 heterocycles. The van der Waals surface area contributed by atoms with Gasteiger partial charge in [-0.25, -0.2) is 0 Å². The van der Waals surface area contributed by atoms with E-state index in [0.29, 0.717) is 0 Å². The Morgan fingerprint density at radius 3 is 2.26 bits per heavy atom. The maximum Gasteiger partial charge on any atom is 0.0702 e. The average molecular weight is 473 g/mol. The topological polar surface area (TPSA) is 22.1 Å². The fraction of sp³-hybridized carbons (Fsp3) is 0.452. The predicted molar refractivity (Wildman–Crippen MR) is 156 cm³/mol. The summed E-state index contributed by atoms with van der Waals surface area (Å²) < 4.78 is 0. The Morgan fingerprint density at radius 1 is 1.06 bits per heavy atom. The van der Waals surface area contributed by atoms with E-state index in [1.54, 1.807) is 0 Å². The number of likely N-dealkylation sites (N-methyl/N-ethyl adjacent to an activating group) is 1. The molecule has 0 amide bonds. The van der Waals surface area contributed by atoms with Crippen LogP contribution in [0.2, 0.25) is 0 Å². The third-order valence-corrected chi connectivity index (χ3v) is 6.99. The SMILES string of the molecule is C#CC1(C)CCN(c2ccc(N=C)c(C(=C)C(=C)/C=C\C(=C)CN3CCN(C)CC3)c2)CC1.CC. The quantitative estimate of drug-likeness (QED) is 0.255. The summed E-state index contributed by atoms with van der Waals surface area (Å²) >= 11 is 0. The number of rotatable bonds is 8. The molecule has 0 spiro atoms. The van der Waals surface area contributed by atoms with E-state index in [0.717, 1.165) is 92.3 Å².